The van der Waals surface area contributed by atoms with E-state index in [0.717, 1.165) is 0 Å². The van der Waals surface area contributed by atoms with Crippen molar-refractivity contribution >= 4 is 23.2 Å². The molecule has 1 heterocycles. The number of carbonyl (C=O) groups is 1. The Bertz CT molecular complexity index is 424. The number of hydrogen-bond donors (Lipinski definition) is 0. The Balaban J connectivity index is 2.28. The quantitative estimate of drug-likeness (QED) is 0.745. The van der Waals surface area contributed by atoms with E-state index in [9.17, 15) is 9.18 Å². The first-order chi connectivity index (χ1) is 7.61. The van der Waals surface area contributed by atoms with Gasteiger partial charge >= 0.3 is 0 Å². The molecule has 0 saturated carbocycles. The molecule has 5 heteroatoms. The Morgan fingerprint density at radius 2 is 2.31 bits per heavy atom. The van der Waals surface area contributed by atoms with Crippen molar-refractivity contribution in [2.75, 3.05) is 18.6 Å². The fraction of sp³-hybridized carbons (Fsp3) is 0.364. The summed E-state index contributed by atoms with van der Waals surface area (Å²) in [6, 6.07) is 4.43. The van der Waals surface area contributed by atoms with Crippen molar-refractivity contribution in [3.05, 3.63) is 24.0 Å². The van der Waals surface area contributed by atoms with Gasteiger partial charge in [0.2, 0.25) is 5.91 Å². The molecule has 0 N–H and O–H groups in total. The van der Waals surface area contributed by atoms with Gasteiger partial charge in [-0.05, 0) is 12.1 Å². The van der Waals surface area contributed by atoms with E-state index >= 15 is 0 Å². The topological polar surface area (TPSA) is 29.5 Å². The molecule has 0 spiro atoms. The lowest BCUT2D eigenvalue weighted by Crippen LogP contribution is -2.24. The van der Waals surface area contributed by atoms with E-state index in [1.807, 2.05) is 0 Å². The van der Waals surface area contributed by atoms with Crippen molar-refractivity contribution in [2.24, 2.45) is 0 Å². The van der Waals surface area contributed by atoms with Crippen LogP contribution in [-0.2, 0) is 4.79 Å². The number of anilines is 1. The highest BCUT2D eigenvalue weighted by Gasteiger charge is 2.29. The zero-order chi connectivity index (χ0) is 11.7. The first kappa shape index (κ1) is 11.2. The van der Waals surface area contributed by atoms with E-state index in [2.05, 4.69) is 0 Å². The molecule has 1 saturated heterocycles. The molecule has 1 aromatic carbocycles. The van der Waals surface area contributed by atoms with Gasteiger partial charge in [-0.2, -0.15) is 0 Å². The van der Waals surface area contributed by atoms with E-state index < -0.39 is 5.82 Å². The highest BCUT2D eigenvalue weighted by molar-refractivity contribution is 6.24. The van der Waals surface area contributed by atoms with Crippen LogP contribution in [0.15, 0.2) is 18.2 Å². The van der Waals surface area contributed by atoms with Gasteiger partial charge in [0.25, 0.3) is 0 Å². The summed E-state index contributed by atoms with van der Waals surface area (Å²) in [5, 5.41) is -0.197. The monoisotopic (exact) mass is 243 g/mol. The first-order valence-electron chi connectivity index (χ1n) is 4.90. The fourth-order valence-corrected chi connectivity index (χ4v) is 2.01. The first-order valence-corrected chi connectivity index (χ1v) is 5.33. The molecule has 3 nitrogen and oxygen atoms in total. The van der Waals surface area contributed by atoms with Gasteiger partial charge in [-0.1, -0.05) is 0 Å². The number of alkyl halides is 1. The van der Waals surface area contributed by atoms with Crippen molar-refractivity contribution in [3.8, 4) is 5.75 Å². The van der Waals surface area contributed by atoms with Crippen LogP contribution in [0, 0.1) is 5.82 Å². The molecular formula is C11H11ClFNO2. The molecule has 0 aromatic heterocycles. The lowest BCUT2D eigenvalue weighted by molar-refractivity contribution is -0.117. The van der Waals surface area contributed by atoms with Gasteiger partial charge < -0.3 is 9.64 Å². The highest BCUT2D eigenvalue weighted by atomic mass is 35.5. The summed E-state index contributed by atoms with van der Waals surface area (Å²) in [5.41, 5.74) is 0.520. The van der Waals surface area contributed by atoms with Gasteiger partial charge in [0.15, 0.2) is 11.6 Å². The average Bonchev–Trinajstić information content (AvgIpc) is 2.58. The minimum absolute atomic E-state index is 0.0791. The predicted molar refractivity (Wildman–Crippen MR) is 59.6 cm³/mol. The molecule has 1 aliphatic heterocycles. The minimum Gasteiger partial charge on any atom is -0.494 e. The number of benzene rings is 1. The predicted octanol–water partition coefficient (Wildman–Crippen LogP) is 2.18. The van der Waals surface area contributed by atoms with Crippen LogP contribution in [-0.4, -0.2) is 24.9 Å². The third kappa shape index (κ3) is 1.97. The van der Waals surface area contributed by atoms with Crippen LogP contribution >= 0.6 is 11.6 Å². The summed E-state index contributed by atoms with van der Waals surface area (Å²) in [5.74, 6) is -0.395. The van der Waals surface area contributed by atoms with Crippen molar-refractivity contribution in [2.45, 2.75) is 11.8 Å². The summed E-state index contributed by atoms with van der Waals surface area (Å²) in [6.07, 6.45) is 0.301. The normalized spacial score (nSPS) is 20.3. The second kappa shape index (κ2) is 4.29. The Labute approximate surface area is 97.8 Å². The van der Waals surface area contributed by atoms with Crippen LogP contribution in [0.2, 0.25) is 0 Å². The second-order valence-corrected chi connectivity index (χ2v) is 4.24. The van der Waals surface area contributed by atoms with Gasteiger partial charge in [0.1, 0.15) is 0 Å². The third-order valence-corrected chi connectivity index (χ3v) is 2.82. The van der Waals surface area contributed by atoms with Crippen molar-refractivity contribution in [1.29, 1.82) is 0 Å². The summed E-state index contributed by atoms with van der Waals surface area (Å²) < 4.78 is 18.2. The summed E-state index contributed by atoms with van der Waals surface area (Å²) >= 11 is 5.87. The Kier molecular flexibility index (Phi) is 3.01. The molecule has 0 bridgehead atoms. The van der Waals surface area contributed by atoms with E-state index in [-0.39, 0.29) is 17.0 Å². The molecular weight excluding hydrogens is 233 g/mol. The maximum atomic E-state index is 13.4. The van der Waals surface area contributed by atoms with Crippen molar-refractivity contribution in [3.63, 3.8) is 0 Å². The molecule has 1 atom stereocenters. The van der Waals surface area contributed by atoms with E-state index in [1.54, 1.807) is 6.07 Å². The van der Waals surface area contributed by atoms with Crippen LogP contribution < -0.4 is 9.64 Å². The van der Waals surface area contributed by atoms with Crippen molar-refractivity contribution < 1.29 is 13.9 Å². The maximum absolute atomic E-state index is 13.4. The maximum Gasteiger partial charge on any atom is 0.228 e. The van der Waals surface area contributed by atoms with Gasteiger partial charge in [-0.3, -0.25) is 4.79 Å². The highest BCUT2D eigenvalue weighted by Crippen LogP contribution is 2.28. The number of carbonyl (C=O) groups excluding carboxylic acids is 1. The molecule has 1 fully saturated rings. The van der Waals surface area contributed by atoms with Crippen LogP contribution in [0.1, 0.15) is 6.42 Å². The van der Waals surface area contributed by atoms with Gasteiger partial charge in [0.05, 0.1) is 12.5 Å². The molecule has 1 aliphatic rings. The second-order valence-electron chi connectivity index (χ2n) is 3.62. The van der Waals surface area contributed by atoms with Crippen molar-refractivity contribution in [1.82, 2.24) is 0 Å². The van der Waals surface area contributed by atoms with E-state index in [1.165, 1.54) is 24.1 Å². The minimum atomic E-state index is -0.481. The number of amides is 1. The smallest absolute Gasteiger partial charge is 0.228 e. The van der Waals surface area contributed by atoms with Crippen LogP contribution in [0.25, 0.3) is 0 Å². The van der Waals surface area contributed by atoms with Gasteiger partial charge in [-0.15, -0.1) is 11.6 Å². The molecule has 16 heavy (non-hydrogen) atoms. The van der Waals surface area contributed by atoms with E-state index in [4.69, 9.17) is 16.3 Å². The molecule has 1 amide bonds. The van der Waals surface area contributed by atoms with Gasteiger partial charge in [-0.25, -0.2) is 4.39 Å². The lowest BCUT2D eigenvalue weighted by Gasteiger charge is -2.16. The lowest BCUT2D eigenvalue weighted by atomic mass is 10.2. The molecule has 0 radical (unpaired) electrons. The molecule has 0 aliphatic carbocycles. The number of nitrogens with zero attached hydrogens (tertiary/aromatic N) is 1. The number of ether oxygens (including phenoxy) is 1. The zero-order valence-corrected chi connectivity index (χ0v) is 9.50. The fourth-order valence-electron chi connectivity index (χ4n) is 1.74. The number of hydrogen-bond acceptors (Lipinski definition) is 2. The Hall–Kier alpha value is -1.29. The largest absolute Gasteiger partial charge is 0.494 e. The molecule has 1 unspecified atom stereocenters. The zero-order valence-electron chi connectivity index (χ0n) is 8.74. The number of methoxy groups -OCH3 is 1. The molecule has 2 rings (SSSR count). The third-order valence-electron chi connectivity index (χ3n) is 2.52. The van der Waals surface area contributed by atoms with Crippen LogP contribution in [0.3, 0.4) is 0 Å². The van der Waals surface area contributed by atoms with Crippen LogP contribution in [0.4, 0.5) is 10.1 Å². The Morgan fingerprint density at radius 1 is 1.56 bits per heavy atom. The SMILES string of the molecule is COc1ccc(N2CC(Cl)CC2=O)cc1F. The standard InChI is InChI=1S/C11H11ClFNO2/c1-16-10-3-2-8(5-9(10)13)14-6-7(12)4-11(14)15/h2-3,5,7H,4,6H2,1H3. The number of rotatable bonds is 2. The van der Waals surface area contributed by atoms with Gasteiger partial charge in [0, 0.05) is 24.7 Å². The number of halogens is 2. The van der Waals surface area contributed by atoms with E-state index in [0.29, 0.717) is 18.7 Å². The molecule has 86 valence electrons. The summed E-state index contributed by atoms with van der Waals surface area (Å²) in [7, 11) is 1.40. The summed E-state index contributed by atoms with van der Waals surface area (Å²) in [6.45, 7) is 0.423. The Morgan fingerprint density at radius 3 is 2.81 bits per heavy atom. The summed E-state index contributed by atoms with van der Waals surface area (Å²) in [4.78, 5) is 13.0. The average molecular weight is 244 g/mol. The molecule has 1 aromatic rings. The van der Waals surface area contributed by atoms with Crippen LogP contribution in [0.5, 0.6) is 5.75 Å².